The van der Waals surface area contributed by atoms with Crippen LogP contribution in [-0.4, -0.2) is 9.85 Å². The molecule has 0 fully saturated rings. The topological polar surface area (TPSA) is 86.3 Å². The van der Waals surface area contributed by atoms with Crippen LogP contribution in [0.1, 0.15) is 5.56 Å². The minimum atomic E-state index is -1.10. The third kappa shape index (κ3) is 1.82. The van der Waals surface area contributed by atoms with Crippen LogP contribution in [0.3, 0.4) is 0 Å². The minimum Gasteiger partial charge on any atom is -0.258 e. The summed E-state index contributed by atoms with van der Waals surface area (Å²) in [6.45, 7) is -1.10. The van der Waals surface area contributed by atoms with Crippen LogP contribution >= 0.6 is 0 Å². The standard InChI is InChI=1S/C7H5FN2O4/c8-4-5-3-6(9(11)12)1-2-7(5)10(13)14/h1-3H,4H2. The number of benzene rings is 1. The normalized spacial score (nSPS) is 9.79. The molecule has 0 unspecified atom stereocenters. The van der Waals surface area contributed by atoms with Gasteiger partial charge in [0, 0.05) is 18.2 Å². The average molecular weight is 200 g/mol. The molecular formula is C7H5FN2O4. The summed E-state index contributed by atoms with van der Waals surface area (Å²) < 4.78 is 12.3. The lowest BCUT2D eigenvalue weighted by Gasteiger charge is -1.97. The summed E-state index contributed by atoms with van der Waals surface area (Å²) in [6, 6.07) is 2.75. The fraction of sp³-hybridized carbons (Fsp3) is 0.143. The Labute approximate surface area is 77.3 Å². The molecule has 0 N–H and O–H groups in total. The van der Waals surface area contributed by atoms with Crippen LogP contribution in [0.4, 0.5) is 15.8 Å². The Balaban J connectivity index is 3.25. The van der Waals surface area contributed by atoms with E-state index in [4.69, 9.17) is 0 Å². The minimum absolute atomic E-state index is 0.288. The summed E-state index contributed by atoms with van der Waals surface area (Å²) in [5, 5.41) is 20.6. The van der Waals surface area contributed by atoms with Crippen LogP contribution in [0, 0.1) is 20.2 Å². The van der Waals surface area contributed by atoms with Crippen molar-refractivity contribution < 1.29 is 14.2 Å². The summed E-state index contributed by atoms with van der Waals surface area (Å²) in [7, 11) is 0. The Morgan fingerprint density at radius 1 is 1.21 bits per heavy atom. The molecule has 1 aromatic rings. The first-order valence-corrected chi connectivity index (χ1v) is 3.54. The van der Waals surface area contributed by atoms with E-state index in [9.17, 15) is 24.6 Å². The molecular weight excluding hydrogens is 195 g/mol. The van der Waals surface area contributed by atoms with E-state index in [0.717, 1.165) is 18.2 Å². The van der Waals surface area contributed by atoms with Gasteiger partial charge in [-0.2, -0.15) is 0 Å². The Kier molecular flexibility index (Phi) is 2.70. The van der Waals surface area contributed by atoms with Gasteiger partial charge in [-0.05, 0) is 0 Å². The number of rotatable bonds is 3. The van der Waals surface area contributed by atoms with Gasteiger partial charge in [-0.25, -0.2) is 4.39 Å². The highest BCUT2D eigenvalue weighted by Gasteiger charge is 2.17. The van der Waals surface area contributed by atoms with E-state index < -0.39 is 22.2 Å². The van der Waals surface area contributed by atoms with Crippen molar-refractivity contribution in [2.75, 3.05) is 0 Å². The van der Waals surface area contributed by atoms with Crippen LogP contribution in [0.25, 0.3) is 0 Å². The number of nitro benzene ring substituents is 2. The predicted molar refractivity (Wildman–Crippen MR) is 44.6 cm³/mol. The number of nitro groups is 2. The molecule has 0 aliphatic rings. The van der Waals surface area contributed by atoms with E-state index in [1.807, 2.05) is 0 Å². The van der Waals surface area contributed by atoms with Gasteiger partial charge >= 0.3 is 0 Å². The van der Waals surface area contributed by atoms with Crippen LogP contribution in [0.15, 0.2) is 18.2 Å². The molecule has 1 aromatic carbocycles. The molecule has 0 amide bonds. The number of non-ortho nitro benzene ring substituents is 1. The third-order valence-corrected chi connectivity index (χ3v) is 1.61. The zero-order valence-electron chi connectivity index (χ0n) is 6.84. The molecule has 0 aliphatic heterocycles. The van der Waals surface area contributed by atoms with Crippen molar-refractivity contribution in [3.8, 4) is 0 Å². The van der Waals surface area contributed by atoms with E-state index in [-0.39, 0.29) is 11.3 Å². The molecule has 0 aliphatic carbocycles. The number of halogens is 1. The van der Waals surface area contributed by atoms with Crippen molar-refractivity contribution in [2.24, 2.45) is 0 Å². The number of hydrogen-bond donors (Lipinski definition) is 0. The molecule has 74 valence electrons. The van der Waals surface area contributed by atoms with Gasteiger partial charge in [0.1, 0.15) is 6.67 Å². The summed E-state index contributed by atoms with van der Waals surface area (Å²) in [4.78, 5) is 19.1. The molecule has 0 spiro atoms. The average Bonchev–Trinajstić information content (AvgIpc) is 2.16. The van der Waals surface area contributed by atoms with Gasteiger partial charge in [0.2, 0.25) is 0 Å². The van der Waals surface area contributed by atoms with Gasteiger partial charge in [0.15, 0.2) is 0 Å². The molecule has 6 nitrogen and oxygen atoms in total. The lowest BCUT2D eigenvalue weighted by Crippen LogP contribution is -1.96. The van der Waals surface area contributed by atoms with Crippen LogP contribution in [0.2, 0.25) is 0 Å². The van der Waals surface area contributed by atoms with Crippen LogP contribution in [0.5, 0.6) is 0 Å². The largest absolute Gasteiger partial charge is 0.275 e. The summed E-state index contributed by atoms with van der Waals surface area (Å²) in [5.41, 5.74) is -1.09. The van der Waals surface area contributed by atoms with Gasteiger partial charge < -0.3 is 0 Å². The fourth-order valence-corrected chi connectivity index (χ4v) is 0.971. The van der Waals surface area contributed by atoms with E-state index in [1.54, 1.807) is 0 Å². The summed E-state index contributed by atoms with van der Waals surface area (Å²) in [5.74, 6) is 0. The third-order valence-electron chi connectivity index (χ3n) is 1.61. The highest BCUT2D eigenvalue weighted by atomic mass is 19.1. The van der Waals surface area contributed by atoms with Crippen molar-refractivity contribution in [3.63, 3.8) is 0 Å². The first-order valence-electron chi connectivity index (χ1n) is 3.54. The maximum atomic E-state index is 12.3. The van der Waals surface area contributed by atoms with E-state index in [2.05, 4.69) is 0 Å². The van der Waals surface area contributed by atoms with Crippen molar-refractivity contribution in [3.05, 3.63) is 44.0 Å². The first-order chi connectivity index (χ1) is 6.56. The number of nitrogens with zero attached hydrogens (tertiary/aromatic N) is 2. The molecule has 14 heavy (non-hydrogen) atoms. The van der Waals surface area contributed by atoms with Crippen molar-refractivity contribution >= 4 is 11.4 Å². The second-order valence-corrected chi connectivity index (χ2v) is 2.46. The molecule has 0 saturated heterocycles. The van der Waals surface area contributed by atoms with Crippen molar-refractivity contribution in [2.45, 2.75) is 6.67 Å². The SMILES string of the molecule is O=[N+]([O-])c1ccc([N+](=O)[O-])c(CF)c1. The van der Waals surface area contributed by atoms with Gasteiger partial charge in [0.25, 0.3) is 11.4 Å². The maximum Gasteiger partial charge on any atom is 0.275 e. The van der Waals surface area contributed by atoms with E-state index in [0.29, 0.717) is 0 Å². The molecule has 0 atom stereocenters. The molecule has 1 rings (SSSR count). The van der Waals surface area contributed by atoms with E-state index in [1.165, 1.54) is 0 Å². The molecule has 0 heterocycles. The van der Waals surface area contributed by atoms with E-state index >= 15 is 0 Å². The van der Waals surface area contributed by atoms with Gasteiger partial charge in [-0.1, -0.05) is 0 Å². The maximum absolute atomic E-state index is 12.3. The lowest BCUT2D eigenvalue weighted by molar-refractivity contribution is -0.389. The monoisotopic (exact) mass is 200 g/mol. The summed E-state index contributed by atoms with van der Waals surface area (Å²) in [6.07, 6.45) is 0. The fourth-order valence-electron chi connectivity index (χ4n) is 0.971. The van der Waals surface area contributed by atoms with Crippen molar-refractivity contribution in [1.82, 2.24) is 0 Å². The summed E-state index contributed by atoms with van der Waals surface area (Å²) >= 11 is 0. The van der Waals surface area contributed by atoms with Crippen LogP contribution in [-0.2, 0) is 6.67 Å². The Hall–Kier alpha value is -2.05. The zero-order valence-corrected chi connectivity index (χ0v) is 6.84. The molecule has 7 heteroatoms. The predicted octanol–water partition coefficient (Wildman–Crippen LogP) is 1.97. The second kappa shape index (κ2) is 3.77. The smallest absolute Gasteiger partial charge is 0.258 e. The zero-order chi connectivity index (χ0) is 10.7. The molecule has 0 saturated carbocycles. The van der Waals surface area contributed by atoms with Crippen molar-refractivity contribution in [1.29, 1.82) is 0 Å². The lowest BCUT2D eigenvalue weighted by atomic mass is 10.2. The van der Waals surface area contributed by atoms with Gasteiger partial charge in [-0.3, -0.25) is 20.2 Å². The van der Waals surface area contributed by atoms with Crippen LogP contribution < -0.4 is 0 Å². The second-order valence-electron chi connectivity index (χ2n) is 2.46. The highest BCUT2D eigenvalue weighted by Crippen LogP contribution is 2.24. The highest BCUT2D eigenvalue weighted by molar-refractivity contribution is 5.47. The Morgan fingerprint density at radius 2 is 1.86 bits per heavy atom. The Morgan fingerprint density at radius 3 is 2.29 bits per heavy atom. The van der Waals surface area contributed by atoms with Gasteiger partial charge in [0.05, 0.1) is 15.4 Å². The van der Waals surface area contributed by atoms with Gasteiger partial charge in [-0.15, -0.1) is 0 Å². The Bertz CT molecular complexity index is 393. The first kappa shape index (κ1) is 10.0. The number of hydrogen-bond acceptors (Lipinski definition) is 4. The quantitative estimate of drug-likeness (QED) is 0.551. The molecule has 0 radical (unpaired) electrons. The molecule has 0 bridgehead atoms. The molecule has 0 aromatic heterocycles. The number of alkyl halides is 1.